The molecule has 0 N–H and O–H groups in total. The van der Waals surface area contributed by atoms with Gasteiger partial charge in [-0.1, -0.05) is 26.0 Å². The van der Waals surface area contributed by atoms with E-state index in [9.17, 15) is 13.2 Å². The van der Waals surface area contributed by atoms with Gasteiger partial charge in [-0.05, 0) is 35.4 Å². The highest BCUT2D eigenvalue weighted by molar-refractivity contribution is 8.00. The van der Waals surface area contributed by atoms with Crippen LogP contribution in [-0.4, -0.2) is 5.51 Å². The highest BCUT2D eigenvalue weighted by atomic mass is 32.2. The molecule has 1 rings (SSSR count). The number of thioether (sulfide) groups is 1. The number of rotatable bonds is 3. The molecule has 1 atom stereocenters. The minimum Gasteiger partial charge on any atom is -0.198 e. The summed E-state index contributed by atoms with van der Waals surface area (Å²) in [5.41, 5.74) is -3.66. The highest BCUT2D eigenvalue weighted by Crippen LogP contribution is 2.38. The minimum atomic E-state index is -4.29. The summed E-state index contributed by atoms with van der Waals surface area (Å²) in [5.74, 6) is -0.296. The molecule has 1 nitrogen and oxygen atoms in total. The zero-order valence-electron chi connectivity index (χ0n) is 9.45. The van der Waals surface area contributed by atoms with E-state index in [1.54, 1.807) is 12.1 Å². The molecule has 0 radical (unpaired) electrons. The zero-order valence-corrected chi connectivity index (χ0v) is 10.3. The molecule has 0 aliphatic carbocycles. The van der Waals surface area contributed by atoms with Crippen molar-refractivity contribution in [1.82, 2.24) is 0 Å². The maximum atomic E-state index is 12.2. The fourth-order valence-electron chi connectivity index (χ4n) is 1.51. The number of hydrogen-bond acceptors (Lipinski definition) is 2. The van der Waals surface area contributed by atoms with Crippen LogP contribution in [0.1, 0.15) is 25.3 Å². The predicted octanol–water partition coefficient (Wildman–Crippen LogP) is 4.56. The number of benzene rings is 1. The van der Waals surface area contributed by atoms with E-state index >= 15 is 0 Å². The lowest BCUT2D eigenvalue weighted by atomic mass is 9.90. The van der Waals surface area contributed by atoms with E-state index in [-0.39, 0.29) is 28.5 Å². The van der Waals surface area contributed by atoms with Crippen LogP contribution in [0.15, 0.2) is 29.2 Å². The number of hydrogen-bond donors (Lipinski definition) is 0. The summed E-state index contributed by atoms with van der Waals surface area (Å²) in [7, 11) is 0. The molecule has 5 heteroatoms. The molecule has 0 amide bonds. The minimum absolute atomic E-state index is 0.0751. The average Bonchev–Trinajstić information content (AvgIpc) is 2.15. The monoisotopic (exact) mass is 259 g/mol. The van der Waals surface area contributed by atoms with Crippen LogP contribution in [0.2, 0.25) is 0 Å². The molecule has 0 bridgehead atoms. The zero-order chi connectivity index (χ0) is 13.1. The van der Waals surface area contributed by atoms with Gasteiger partial charge in [-0.2, -0.15) is 18.4 Å². The molecule has 17 heavy (non-hydrogen) atoms. The lowest BCUT2D eigenvalue weighted by Gasteiger charge is -2.14. The topological polar surface area (TPSA) is 23.8 Å². The molecule has 0 saturated heterocycles. The van der Waals surface area contributed by atoms with Crippen molar-refractivity contribution >= 4 is 11.8 Å². The first-order valence-corrected chi connectivity index (χ1v) is 5.90. The maximum absolute atomic E-state index is 12.2. The summed E-state index contributed by atoms with van der Waals surface area (Å²) >= 11 is -0.155. The molecule has 0 aliphatic rings. The lowest BCUT2D eigenvalue weighted by Crippen LogP contribution is -2.05. The summed E-state index contributed by atoms with van der Waals surface area (Å²) in [6, 6.07) is 8.19. The maximum Gasteiger partial charge on any atom is 0.446 e. The predicted molar refractivity (Wildman–Crippen MR) is 61.5 cm³/mol. The highest BCUT2D eigenvalue weighted by Gasteiger charge is 2.29. The van der Waals surface area contributed by atoms with Crippen LogP contribution >= 0.6 is 11.8 Å². The van der Waals surface area contributed by atoms with Gasteiger partial charge >= 0.3 is 5.51 Å². The van der Waals surface area contributed by atoms with Crippen LogP contribution in [0.25, 0.3) is 0 Å². The van der Waals surface area contributed by atoms with Crippen molar-refractivity contribution in [3.63, 3.8) is 0 Å². The molecule has 0 fully saturated rings. The first kappa shape index (κ1) is 13.9. The first-order chi connectivity index (χ1) is 7.83. The van der Waals surface area contributed by atoms with Gasteiger partial charge in [0, 0.05) is 4.90 Å². The van der Waals surface area contributed by atoms with E-state index < -0.39 is 5.51 Å². The smallest absolute Gasteiger partial charge is 0.198 e. The van der Waals surface area contributed by atoms with Crippen molar-refractivity contribution in [3.05, 3.63) is 29.8 Å². The third-order valence-corrected chi connectivity index (χ3v) is 2.98. The molecule has 0 saturated carbocycles. The Morgan fingerprint density at radius 3 is 2.41 bits per heavy atom. The van der Waals surface area contributed by atoms with Gasteiger partial charge in [-0.15, -0.1) is 0 Å². The second-order valence-corrected chi connectivity index (χ2v) is 5.11. The first-order valence-electron chi connectivity index (χ1n) is 5.09. The van der Waals surface area contributed by atoms with Crippen molar-refractivity contribution in [2.24, 2.45) is 5.92 Å². The SMILES string of the molecule is CC(C)C(C#N)c1cccc(SC(F)(F)F)c1. The Bertz CT molecular complexity index is 420. The Morgan fingerprint density at radius 1 is 1.29 bits per heavy atom. The molecule has 0 aromatic heterocycles. The normalized spacial score (nSPS) is 13.5. The van der Waals surface area contributed by atoms with Crippen molar-refractivity contribution in [1.29, 1.82) is 5.26 Å². The summed E-state index contributed by atoms with van der Waals surface area (Å²) in [6.45, 7) is 3.74. The number of nitrogens with zero attached hydrogens (tertiary/aromatic N) is 1. The third kappa shape index (κ3) is 4.31. The van der Waals surface area contributed by atoms with Crippen LogP contribution < -0.4 is 0 Å². The molecule has 0 aliphatic heterocycles. The lowest BCUT2D eigenvalue weighted by molar-refractivity contribution is -0.0328. The third-order valence-electron chi connectivity index (χ3n) is 2.26. The van der Waals surface area contributed by atoms with Crippen LogP contribution in [0.3, 0.4) is 0 Å². The fourth-order valence-corrected chi connectivity index (χ4v) is 2.12. The summed E-state index contributed by atoms with van der Waals surface area (Å²) in [4.78, 5) is 0.121. The Labute approximate surface area is 103 Å². The Balaban J connectivity index is 2.97. The Kier molecular flexibility index (Phi) is 4.47. The molecule has 1 unspecified atom stereocenters. The van der Waals surface area contributed by atoms with Gasteiger partial charge in [0.2, 0.25) is 0 Å². The van der Waals surface area contributed by atoms with Crippen molar-refractivity contribution in [2.75, 3.05) is 0 Å². The van der Waals surface area contributed by atoms with Crippen molar-refractivity contribution in [3.8, 4) is 6.07 Å². The summed E-state index contributed by atoms with van der Waals surface area (Å²) in [6.07, 6.45) is 0. The number of nitriles is 1. The molecule has 92 valence electrons. The van der Waals surface area contributed by atoms with Crippen molar-refractivity contribution < 1.29 is 13.2 Å². The van der Waals surface area contributed by atoms with E-state index in [2.05, 4.69) is 6.07 Å². The van der Waals surface area contributed by atoms with Crippen LogP contribution in [-0.2, 0) is 0 Å². The molecule has 1 aromatic carbocycles. The summed E-state index contributed by atoms with van der Waals surface area (Å²) in [5, 5.41) is 8.99. The molecule has 1 aromatic rings. The van der Waals surface area contributed by atoms with Gasteiger partial charge in [-0.3, -0.25) is 0 Å². The van der Waals surface area contributed by atoms with Crippen molar-refractivity contribution in [2.45, 2.75) is 30.2 Å². The standard InChI is InChI=1S/C12H12F3NS/c1-8(2)11(7-16)9-4-3-5-10(6-9)17-12(13,14)15/h3-6,8,11H,1-2H3. The number of halogens is 3. The molecule has 0 heterocycles. The van der Waals surface area contributed by atoms with Gasteiger partial charge < -0.3 is 0 Å². The van der Waals surface area contributed by atoms with Gasteiger partial charge in [0.05, 0.1) is 12.0 Å². The van der Waals surface area contributed by atoms with E-state index in [4.69, 9.17) is 5.26 Å². The largest absolute Gasteiger partial charge is 0.446 e. The van der Waals surface area contributed by atoms with E-state index in [1.807, 2.05) is 13.8 Å². The van der Waals surface area contributed by atoms with Crippen LogP contribution in [0.4, 0.5) is 13.2 Å². The van der Waals surface area contributed by atoms with Gasteiger partial charge in [-0.25, -0.2) is 0 Å². The number of alkyl halides is 3. The Hall–Kier alpha value is -1.15. The molecule has 0 spiro atoms. The van der Waals surface area contributed by atoms with Gasteiger partial charge in [0.25, 0.3) is 0 Å². The van der Waals surface area contributed by atoms with E-state index in [0.29, 0.717) is 5.56 Å². The van der Waals surface area contributed by atoms with E-state index in [0.717, 1.165) is 0 Å². The molecular formula is C12H12F3NS. The van der Waals surface area contributed by atoms with E-state index in [1.165, 1.54) is 12.1 Å². The fraction of sp³-hybridized carbons (Fsp3) is 0.417. The van der Waals surface area contributed by atoms with Gasteiger partial charge in [0.15, 0.2) is 0 Å². The van der Waals surface area contributed by atoms with Crippen LogP contribution in [0, 0.1) is 17.2 Å². The second-order valence-electron chi connectivity index (χ2n) is 3.97. The van der Waals surface area contributed by atoms with Gasteiger partial charge in [0.1, 0.15) is 0 Å². The Morgan fingerprint density at radius 2 is 1.94 bits per heavy atom. The summed E-state index contributed by atoms with van der Waals surface area (Å²) < 4.78 is 36.6. The quantitative estimate of drug-likeness (QED) is 0.743. The average molecular weight is 259 g/mol. The second kappa shape index (κ2) is 5.46. The molecular weight excluding hydrogens is 247 g/mol. The van der Waals surface area contributed by atoms with Crippen LogP contribution in [0.5, 0.6) is 0 Å².